The maximum absolute atomic E-state index is 13.9. The molecule has 0 spiro atoms. The molecule has 304 valence electrons. The van der Waals surface area contributed by atoms with Crippen LogP contribution < -0.4 is 25.5 Å². The highest BCUT2D eigenvalue weighted by atomic mass is 28.3. The molecule has 58 heavy (non-hydrogen) atoms. The molecule has 1 fully saturated rings. The molecule has 0 amide bonds. The van der Waals surface area contributed by atoms with E-state index in [0.717, 1.165) is 26.8 Å². The summed E-state index contributed by atoms with van der Waals surface area (Å²) in [5, 5.41) is 23.0. The Hall–Kier alpha value is -5.45. The fourth-order valence-electron chi connectivity index (χ4n) is 8.24. The first-order valence-electron chi connectivity index (χ1n) is 19.2. The monoisotopic (exact) mass is 803 g/mol. The summed E-state index contributed by atoms with van der Waals surface area (Å²) in [4.78, 5) is 28.8. The molecule has 0 aliphatic carbocycles. The van der Waals surface area contributed by atoms with Crippen LogP contribution in [0.2, 0.25) is 18.1 Å². The topological polar surface area (TPSA) is 145 Å². The number of nitrogens with one attached hydrogen (secondary N) is 1. The van der Waals surface area contributed by atoms with Crippen molar-refractivity contribution >= 4 is 8.07 Å². The second kappa shape index (κ2) is 16.1. The average Bonchev–Trinajstić information content (AvgIpc) is 3.55. The van der Waals surface area contributed by atoms with Gasteiger partial charge in [0.25, 0.3) is 5.56 Å². The number of nitriles is 1. The molecule has 4 atom stereocenters. The number of hydrogen-bond donors (Lipinski definition) is 2. The van der Waals surface area contributed by atoms with Crippen LogP contribution in [0.15, 0.2) is 119 Å². The van der Waals surface area contributed by atoms with Crippen LogP contribution in [0.5, 0.6) is 17.2 Å². The zero-order chi connectivity index (χ0) is 42.1. The molecule has 1 saturated heterocycles. The lowest BCUT2D eigenvalue weighted by atomic mass is 9.63. The van der Waals surface area contributed by atoms with Crippen molar-refractivity contribution in [1.82, 2.24) is 9.55 Å². The molecule has 6 rings (SSSR count). The minimum Gasteiger partial charge on any atom is -0.497 e. The number of nitrogens with zero attached hydrogens (tertiary/aromatic N) is 2. The van der Waals surface area contributed by atoms with Crippen LogP contribution in [0, 0.1) is 18.3 Å². The molecule has 12 heteroatoms. The van der Waals surface area contributed by atoms with E-state index in [0.29, 0.717) is 17.2 Å². The van der Waals surface area contributed by atoms with Crippen LogP contribution in [0.25, 0.3) is 0 Å². The van der Waals surface area contributed by atoms with E-state index in [9.17, 15) is 20.0 Å². The normalized spacial score (nSPS) is 20.3. The molecule has 4 aromatic carbocycles. The van der Waals surface area contributed by atoms with Gasteiger partial charge in [-0.3, -0.25) is 14.3 Å². The molecule has 11 nitrogen and oxygen atoms in total. The first-order valence-corrected chi connectivity index (χ1v) is 22.2. The lowest BCUT2D eigenvalue weighted by Crippen LogP contribution is -2.68. The minimum atomic E-state index is -3.08. The molecule has 2 N–H and O–H groups in total. The van der Waals surface area contributed by atoms with Crippen molar-refractivity contribution in [2.75, 3.05) is 21.3 Å². The molecule has 0 bridgehead atoms. The zero-order valence-corrected chi connectivity index (χ0v) is 35.7. The minimum absolute atomic E-state index is 0.0491. The molecule has 0 saturated carbocycles. The molecule has 1 unspecified atom stereocenters. The second-order valence-corrected chi connectivity index (χ2v) is 22.2. The summed E-state index contributed by atoms with van der Waals surface area (Å²) in [7, 11) is 1.73. The summed E-state index contributed by atoms with van der Waals surface area (Å²) >= 11 is 0. The number of rotatable bonds is 13. The number of methoxy groups -OCH3 is 3. The fourth-order valence-corrected chi connectivity index (χ4v) is 11.1. The molecule has 1 aliphatic heterocycles. The third-order valence-corrected chi connectivity index (χ3v) is 18.9. The van der Waals surface area contributed by atoms with E-state index in [2.05, 4.69) is 44.9 Å². The van der Waals surface area contributed by atoms with Crippen LogP contribution in [-0.4, -0.2) is 61.5 Å². The first-order chi connectivity index (χ1) is 27.5. The summed E-state index contributed by atoms with van der Waals surface area (Å²) in [5.41, 5.74) is -1.34. The predicted molar refractivity (Wildman–Crippen MR) is 225 cm³/mol. The standard InChI is InChI=1S/C46H53N3O8Si/c1-31-27-49(42(51)48-41(31)50)44(30-47)29-45(52,58(8,9)43(2,3)4)39(57-44)40(56-28-32-14-13-17-38(26-32)55-7)46(33-15-11-10-12-16-33,34-18-22-36(53-5)23-19-34)35-20-24-37(54-6)25-21-35/h10-27,39-40,52H,28-29H2,1-9H3,(H,48,50,51)/t39-,40?,44+,45-/m1/s1. The van der Waals surface area contributed by atoms with E-state index in [-0.39, 0.29) is 18.6 Å². The van der Waals surface area contributed by atoms with Gasteiger partial charge in [0.2, 0.25) is 5.72 Å². The number of aromatic nitrogens is 2. The van der Waals surface area contributed by atoms with Crippen LogP contribution in [0.1, 0.15) is 55.0 Å². The van der Waals surface area contributed by atoms with E-state index >= 15 is 0 Å². The van der Waals surface area contributed by atoms with Crippen molar-refractivity contribution in [1.29, 1.82) is 5.26 Å². The van der Waals surface area contributed by atoms with E-state index < -0.39 is 52.9 Å². The van der Waals surface area contributed by atoms with Gasteiger partial charge in [0.05, 0.1) is 46.6 Å². The fraction of sp³-hybridized carbons (Fsp3) is 0.370. The van der Waals surface area contributed by atoms with E-state index in [4.69, 9.17) is 23.7 Å². The van der Waals surface area contributed by atoms with Gasteiger partial charge in [0.15, 0.2) is 0 Å². The highest BCUT2D eigenvalue weighted by Crippen LogP contribution is 2.58. The highest BCUT2D eigenvalue weighted by molar-refractivity contribution is 6.83. The molecule has 0 radical (unpaired) electrons. The van der Waals surface area contributed by atoms with Gasteiger partial charge in [-0.25, -0.2) is 4.79 Å². The van der Waals surface area contributed by atoms with Crippen LogP contribution in [0.4, 0.5) is 0 Å². The van der Waals surface area contributed by atoms with Crippen LogP contribution in [-0.2, 0) is 27.2 Å². The summed E-state index contributed by atoms with van der Waals surface area (Å²) < 4.78 is 32.5. The summed E-state index contributed by atoms with van der Waals surface area (Å²) in [6.07, 6.45) is -1.31. The van der Waals surface area contributed by atoms with Gasteiger partial charge in [0.1, 0.15) is 35.5 Å². The number of ether oxygens (including phenoxy) is 5. The third-order valence-electron chi connectivity index (χ3n) is 12.5. The Bertz CT molecular complexity index is 2330. The number of H-pyrrole nitrogens is 1. The average molecular weight is 804 g/mol. The highest BCUT2D eigenvalue weighted by Gasteiger charge is 2.70. The van der Waals surface area contributed by atoms with Crippen LogP contribution >= 0.6 is 0 Å². The zero-order valence-electron chi connectivity index (χ0n) is 34.7. The molecular weight excluding hydrogens is 751 g/mol. The SMILES string of the molecule is COc1ccc(C(c2ccccc2)(c2ccc(OC)cc2)C(OCc2cccc(OC)c2)[C@H]2O[C@@](C#N)(n3cc(C)c(=O)[nH]c3=O)C[C@@]2(O)[Si](C)(C)C(C)(C)C)cc1. The Balaban J connectivity index is 1.76. The number of aromatic amines is 1. The Kier molecular flexibility index (Phi) is 11.7. The van der Waals surface area contributed by atoms with Crippen molar-refractivity contribution in [2.24, 2.45) is 0 Å². The van der Waals surface area contributed by atoms with Crippen molar-refractivity contribution < 1.29 is 28.8 Å². The Labute approximate surface area is 340 Å². The van der Waals surface area contributed by atoms with Crippen molar-refractivity contribution in [3.05, 3.63) is 158 Å². The van der Waals surface area contributed by atoms with Crippen molar-refractivity contribution in [3.63, 3.8) is 0 Å². The van der Waals surface area contributed by atoms with Crippen molar-refractivity contribution in [2.45, 2.75) is 87.4 Å². The third kappa shape index (κ3) is 7.17. The van der Waals surface area contributed by atoms with Crippen LogP contribution in [0.3, 0.4) is 0 Å². The predicted octanol–water partition coefficient (Wildman–Crippen LogP) is 7.23. The van der Waals surface area contributed by atoms with Gasteiger partial charge in [0, 0.05) is 18.2 Å². The Morgan fingerprint density at radius 1 is 0.862 bits per heavy atom. The van der Waals surface area contributed by atoms with Gasteiger partial charge < -0.3 is 28.8 Å². The summed E-state index contributed by atoms with van der Waals surface area (Å²) in [6.45, 7) is 12.0. The van der Waals surface area contributed by atoms with E-state index in [1.807, 2.05) is 103 Å². The van der Waals surface area contributed by atoms with Gasteiger partial charge >= 0.3 is 5.69 Å². The van der Waals surface area contributed by atoms with Gasteiger partial charge in [-0.1, -0.05) is 101 Å². The number of aliphatic hydroxyl groups is 1. The van der Waals surface area contributed by atoms with E-state index in [1.54, 1.807) is 28.3 Å². The largest absolute Gasteiger partial charge is 0.497 e. The molecule has 2 heterocycles. The quantitative estimate of drug-likeness (QED) is 0.0930. The van der Waals surface area contributed by atoms with E-state index in [1.165, 1.54) is 6.20 Å². The summed E-state index contributed by atoms with van der Waals surface area (Å²) in [6, 6.07) is 35.2. The van der Waals surface area contributed by atoms with Crippen molar-refractivity contribution in [3.8, 4) is 23.3 Å². The smallest absolute Gasteiger partial charge is 0.331 e. The number of hydrogen-bond acceptors (Lipinski definition) is 9. The molecule has 1 aromatic heterocycles. The Morgan fingerprint density at radius 2 is 1.41 bits per heavy atom. The second-order valence-electron chi connectivity index (χ2n) is 16.6. The molecule has 1 aliphatic rings. The van der Waals surface area contributed by atoms with Gasteiger partial charge in [-0.2, -0.15) is 5.26 Å². The lowest BCUT2D eigenvalue weighted by Gasteiger charge is -2.53. The summed E-state index contributed by atoms with van der Waals surface area (Å²) in [5.74, 6) is 1.92. The maximum atomic E-state index is 13.9. The number of benzene rings is 4. The molecular formula is C46H53N3O8Si. The number of aryl methyl sites for hydroxylation is 1. The Morgan fingerprint density at radius 3 is 1.93 bits per heavy atom. The van der Waals surface area contributed by atoms with Gasteiger partial charge in [-0.15, -0.1) is 0 Å². The lowest BCUT2D eigenvalue weighted by molar-refractivity contribution is -0.156. The van der Waals surface area contributed by atoms with Gasteiger partial charge in [-0.05, 0) is 70.6 Å². The maximum Gasteiger partial charge on any atom is 0.331 e. The molecule has 5 aromatic rings. The first kappa shape index (κ1) is 42.2.